The molecule has 0 aliphatic carbocycles. The van der Waals surface area contributed by atoms with Gasteiger partial charge in [-0.05, 0) is 0 Å². The molecule has 0 unspecified atom stereocenters. The van der Waals surface area contributed by atoms with Gasteiger partial charge in [-0.1, -0.05) is 0 Å². The standard InChI is InChI=1S/C14H13NO4Se/c1-3-18-14(16)13-9(7-15)12-10(19-8-17-2)5-4-6-11(12)20-13/h4-6H,3,8H2,1-2H3. The first kappa shape index (κ1) is 14.6. The van der Waals surface area contributed by atoms with Gasteiger partial charge < -0.3 is 0 Å². The predicted octanol–water partition coefficient (Wildman–Crippen LogP) is 1.93. The molecule has 0 N–H and O–H groups in total. The van der Waals surface area contributed by atoms with Crippen LogP contribution in [0.15, 0.2) is 18.2 Å². The topological polar surface area (TPSA) is 68.6 Å². The summed E-state index contributed by atoms with van der Waals surface area (Å²) in [5, 5.41) is 10.0. The fraction of sp³-hybridized carbons (Fsp3) is 0.286. The molecule has 0 radical (unpaired) electrons. The van der Waals surface area contributed by atoms with Crippen LogP contribution in [-0.2, 0) is 9.47 Å². The molecule has 0 bridgehead atoms. The SMILES string of the molecule is CCOC(=O)c1[se]c2cccc(OCOC)c2c1C#N. The van der Waals surface area contributed by atoms with Crippen LogP contribution in [0.5, 0.6) is 5.75 Å². The minimum atomic E-state index is -0.419. The van der Waals surface area contributed by atoms with E-state index in [0.717, 1.165) is 4.26 Å². The van der Waals surface area contributed by atoms with Gasteiger partial charge in [-0.2, -0.15) is 0 Å². The molecule has 0 saturated carbocycles. The predicted molar refractivity (Wildman–Crippen MR) is 74.1 cm³/mol. The van der Waals surface area contributed by atoms with Crippen LogP contribution in [-0.4, -0.2) is 41.0 Å². The Balaban J connectivity index is 2.58. The zero-order chi connectivity index (χ0) is 14.5. The zero-order valence-corrected chi connectivity index (χ0v) is 12.8. The Morgan fingerprint density at radius 2 is 2.25 bits per heavy atom. The van der Waals surface area contributed by atoms with Crippen molar-refractivity contribution in [3.8, 4) is 11.8 Å². The van der Waals surface area contributed by atoms with Crippen LogP contribution >= 0.6 is 0 Å². The first-order valence-electron chi connectivity index (χ1n) is 5.97. The van der Waals surface area contributed by atoms with Gasteiger partial charge in [0.2, 0.25) is 0 Å². The van der Waals surface area contributed by atoms with Crippen LogP contribution < -0.4 is 4.74 Å². The fourth-order valence-corrected chi connectivity index (χ4v) is 4.04. The van der Waals surface area contributed by atoms with Crippen LogP contribution in [0, 0.1) is 11.3 Å². The van der Waals surface area contributed by atoms with Crippen LogP contribution in [0.2, 0.25) is 0 Å². The van der Waals surface area contributed by atoms with Crippen molar-refractivity contribution in [1.82, 2.24) is 0 Å². The maximum absolute atomic E-state index is 11.9. The van der Waals surface area contributed by atoms with E-state index in [-0.39, 0.29) is 21.3 Å². The third-order valence-corrected chi connectivity index (χ3v) is 4.96. The number of nitriles is 1. The number of nitrogens with zero attached hydrogens (tertiary/aromatic N) is 1. The quantitative estimate of drug-likeness (QED) is 0.473. The summed E-state index contributed by atoms with van der Waals surface area (Å²) < 4.78 is 16.8. The number of esters is 1. The average Bonchev–Trinajstić information content (AvgIpc) is 2.84. The molecular formula is C14H13NO4Se. The summed E-state index contributed by atoms with van der Waals surface area (Å²) in [5.41, 5.74) is 0.352. The third kappa shape index (κ3) is 2.70. The number of carbonyl (C=O) groups is 1. The second-order valence-electron chi connectivity index (χ2n) is 3.82. The summed E-state index contributed by atoms with van der Waals surface area (Å²) in [7, 11) is 1.53. The van der Waals surface area contributed by atoms with E-state index in [1.54, 1.807) is 13.0 Å². The molecule has 0 saturated heterocycles. The second-order valence-corrected chi connectivity index (χ2v) is 6.03. The first-order chi connectivity index (χ1) is 9.72. The summed E-state index contributed by atoms with van der Waals surface area (Å²) in [6.45, 7) is 2.13. The van der Waals surface area contributed by atoms with Crippen LogP contribution in [0.4, 0.5) is 0 Å². The van der Waals surface area contributed by atoms with E-state index < -0.39 is 5.97 Å². The van der Waals surface area contributed by atoms with Crippen molar-refractivity contribution in [2.24, 2.45) is 0 Å². The summed E-state index contributed by atoms with van der Waals surface area (Å²) >= 11 is -0.237. The first-order valence-corrected chi connectivity index (χ1v) is 7.68. The normalized spacial score (nSPS) is 10.2. The molecule has 2 rings (SSSR count). The van der Waals surface area contributed by atoms with Gasteiger partial charge in [0.1, 0.15) is 0 Å². The van der Waals surface area contributed by atoms with E-state index >= 15 is 0 Å². The van der Waals surface area contributed by atoms with Crippen molar-refractivity contribution < 1.29 is 19.0 Å². The molecule has 6 heteroatoms. The van der Waals surface area contributed by atoms with Gasteiger partial charge in [-0.25, -0.2) is 0 Å². The molecule has 0 aliphatic heterocycles. The Morgan fingerprint density at radius 1 is 1.45 bits per heavy atom. The Hall–Kier alpha value is -1.80. The average molecular weight is 338 g/mol. The number of rotatable bonds is 5. The molecule has 0 amide bonds. The Morgan fingerprint density at radius 3 is 2.90 bits per heavy atom. The molecule has 2 aromatic rings. The molecule has 104 valence electrons. The van der Waals surface area contributed by atoms with Crippen molar-refractivity contribution in [1.29, 1.82) is 5.26 Å². The van der Waals surface area contributed by atoms with Crippen molar-refractivity contribution in [2.45, 2.75) is 6.92 Å². The van der Waals surface area contributed by atoms with E-state index in [9.17, 15) is 10.1 Å². The number of ether oxygens (including phenoxy) is 3. The molecule has 5 nitrogen and oxygen atoms in total. The van der Waals surface area contributed by atoms with Gasteiger partial charge in [0.05, 0.1) is 0 Å². The molecule has 0 aliphatic rings. The van der Waals surface area contributed by atoms with Crippen LogP contribution in [0.25, 0.3) is 9.65 Å². The summed E-state index contributed by atoms with van der Waals surface area (Å²) in [6, 6.07) is 7.61. The van der Waals surface area contributed by atoms with Gasteiger partial charge in [0.25, 0.3) is 0 Å². The maximum atomic E-state index is 11.9. The van der Waals surface area contributed by atoms with Gasteiger partial charge in [0.15, 0.2) is 0 Å². The number of fused-ring (bicyclic) bond motifs is 1. The van der Waals surface area contributed by atoms with Crippen molar-refractivity contribution in [2.75, 3.05) is 20.5 Å². The summed E-state index contributed by atoms with van der Waals surface area (Å²) in [5.74, 6) is 0.139. The Bertz CT molecular complexity index is 672. The van der Waals surface area contributed by atoms with E-state index in [1.807, 2.05) is 12.1 Å². The number of hydrogen-bond donors (Lipinski definition) is 0. The van der Waals surface area contributed by atoms with E-state index in [1.165, 1.54) is 7.11 Å². The molecule has 1 aromatic heterocycles. The third-order valence-electron chi connectivity index (χ3n) is 2.58. The Labute approximate surface area is 122 Å². The molecule has 0 atom stereocenters. The monoisotopic (exact) mass is 339 g/mol. The van der Waals surface area contributed by atoms with Gasteiger partial charge in [-0.15, -0.1) is 0 Å². The second kappa shape index (κ2) is 6.58. The van der Waals surface area contributed by atoms with E-state index in [0.29, 0.717) is 27.7 Å². The number of methoxy groups -OCH3 is 1. The summed E-state index contributed by atoms with van der Waals surface area (Å²) in [6.07, 6.45) is 0. The molecule has 0 spiro atoms. The van der Waals surface area contributed by atoms with Crippen molar-refractivity contribution in [3.05, 3.63) is 28.2 Å². The molecular weight excluding hydrogens is 325 g/mol. The number of carbonyl (C=O) groups excluding carboxylic acids is 1. The molecule has 0 fully saturated rings. The number of hydrogen-bond acceptors (Lipinski definition) is 5. The number of benzene rings is 1. The van der Waals surface area contributed by atoms with E-state index in [4.69, 9.17) is 14.2 Å². The van der Waals surface area contributed by atoms with Crippen LogP contribution in [0.1, 0.15) is 21.7 Å². The zero-order valence-electron chi connectivity index (χ0n) is 11.1. The van der Waals surface area contributed by atoms with Crippen molar-refractivity contribution >= 4 is 30.1 Å². The van der Waals surface area contributed by atoms with Gasteiger partial charge >= 0.3 is 122 Å². The molecule has 1 aromatic carbocycles. The van der Waals surface area contributed by atoms with Crippen LogP contribution in [0.3, 0.4) is 0 Å². The van der Waals surface area contributed by atoms with Gasteiger partial charge in [0, 0.05) is 0 Å². The van der Waals surface area contributed by atoms with Gasteiger partial charge in [-0.3, -0.25) is 0 Å². The van der Waals surface area contributed by atoms with Crippen molar-refractivity contribution in [3.63, 3.8) is 0 Å². The van der Waals surface area contributed by atoms with E-state index in [2.05, 4.69) is 6.07 Å². The minimum absolute atomic E-state index is 0.0941. The fourth-order valence-electron chi connectivity index (χ4n) is 1.81. The molecule has 20 heavy (non-hydrogen) atoms. The molecule has 1 heterocycles. The summed E-state index contributed by atoms with van der Waals surface area (Å²) in [4.78, 5) is 11.9. The Kier molecular flexibility index (Phi) is 4.80.